The largest absolute Gasteiger partial charge is 0.494 e. The normalized spacial score (nSPS) is 19.0. The lowest BCUT2D eigenvalue weighted by molar-refractivity contribution is 0.0288. The zero-order valence-corrected chi connectivity index (χ0v) is 15.8. The molecule has 0 spiro atoms. The number of fused-ring (bicyclic) bond motifs is 1. The fourth-order valence-electron chi connectivity index (χ4n) is 2.13. The molecule has 1 aliphatic carbocycles. The number of ether oxygens (including phenoxy) is 2. The molecule has 25 heavy (non-hydrogen) atoms. The lowest BCUT2D eigenvalue weighted by Gasteiger charge is -2.24. The van der Waals surface area contributed by atoms with Crippen LogP contribution >= 0.6 is 11.8 Å². The third kappa shape index (κ3) is 5.98. The van der Waals surface area contributed by atoms with Gasteiger partial charge in [0.25, 0.3) is 0 Å². The predicted octanol–water partition coefficient (Wildman–Crippen LogP) is 3.64. The number of carbonyl (C=O) groups excluding carboxylic acids is 1. The monoisotopic (exact) mass is 361 g/mol. The van der Waals surface area contributed by atoms with Crippen molar-refractivity contribution in [2.75, 3.05) is 20.2 Å². The standard InChI is InChI=1S/C18H23N3O3S/c1-18(2,3)24-17(22)21(4)10-5-11-23-13-6-8-14-15(9-7-13)25-16(12-19)20-14/h6-9,15H,5,10-11H2,1-4H3. The quantitative estimate of drug-likeness (QED) is 0.699. The zero-order chi connectivity index (χ0) is 18.4. The maximum Gasteiger partial charge on any atom is 0.410 e. The lowest BCUT2D eigenvalue weighted by Crippen LogP contribution is -2.35. The molecule has 2 aliphatic rings. The number of amides is 1. The van der Waals surface area contributed by atoms with Gasteiger partial charge < -0.3 is 14.4 Å². The van der Waals surface area contributed by atoms with Crippen molar-refractivity contribution in [1.82, 2.24) is 4.90 Å². The van der Waals surface area contributed by atoms with Gasteiger partial charge in [0.2, 0.25) is 0 Å². The maximum atomic E-state index is 11.9. The Bertz CT molecular complexity index is 681. The van der Waals surface area contributed by atoms with Crippen LogP contribution in [0.3, 0.4) is 0 Å². The van der Waals surface area contributed by atoms with Gasteiger partial charge in [0.05, 0.1) is 17.6 Å². The summed E-state index contributed by atoms with van der Waals surface area (Å²) in [6.45, 7) is 6.59. The molecule has 134 valence electrons. The summed E-state index contributed by atoms with van der Waals surface area (Å²) in [6.07, 6.45) is 7.98. The molecule has 1 atom stereocenters. The third-order valence-corrected chi connectivity index (χ3v) is 4.38. The van der Waals surface area contributed by atoms with Crippen molar-refractivity contribution in [3.05, 3.63) is 35.8 Å². The number of thioether (sulfide) groups is 1. The van der Waals surface area contributed by atoms with Crippen LogP contribution in [0.5, 0.6) is 0 Å². The van der Waals surface area contributed by atoms with Crippen LogP contribution < -0.4 is 0 Å². The van der Waals surface area contributed by atoms with E-state index in [9.17, 15) is 4.79 Å². The molecular weight excluding hydrogens is 338 g/mol. The first-order valence-corrected chi connectivity index (χ1v) is 8.99. The van der Waals surface area contributed by atoms with Gasteiger partial charge in [0.15, 0.2) is 5.04 Å². The SMILES string of the molecule is CN(CCCOC1=CC=C2N=C(C#N)SC2C=C1)C(=O)OC(C)(C)C. The van der Waals surface area contributed by atoms with Gasteiger partial charge in [-0.05, 0) is 45.4 Å². The van der Waals surface area contributed by atoms with Crippen LogP contribution in [0.1, 0.15) is 27.2 Å². The summed E-state index contributed by atoms with van der Waals surface area (Å²) in [5, 5.41) is 9.46. The van der Waals surface area contributed by atoms with Gasteiger partial charge in [-0.3, -0.25) is 0 Å². The molecule has 0 fully saturated rings. The Balaban J connectivity index is 1.76. The predicted molar refractivity (Wildman–Crippen MR) is 99.2 cm³/mol. The number of nitriles is 1. The fourth-order valence-corrected chi connectivity index (χ4v) is 2.99. The Hall–Kier alpha value is -2.20. The summed E-state index contributed by atoms with van der Waals surface area (Å²) in [5.74, 6) is 0.746. The molecule has 0 aromatic carbocycles. The number of hydrogen-bond donors (Lipinski definition) is 0. The Morgan fingerprint density at radius 1 is 1.44 bits per heavy atom. The van der Waals surface area contributed by atoms with Crippen molar-refractivity contribution < 1.29 is 14.3 Å². The van der Waals surface area contributed by atoms with Crippen LogP contribution in [0.2, 0.25) is 0 Å². The molecule has 0 radical (unpaired) electrons. The van der Waals surface area contributed by atoms with E-state index >= 15 is 0 Å². The molecule has 0 aromatic rings. The highest BCUT2D eigenvalue weighted by atomic mass is 32.2. The Morgan fingerprint density at radius 3 is 2.88 bits per heavy atom. The van der Waals surface area contributed by atoms with Crippen molar-refractivity contribution >= 4 is 22.9 Å². The molecule has 0 saturated heterocycles. The van der Waals surface area contributed by atoms with Crippen molar-refractivity contribution in [1.29, 1.82) is 5.26 Å². The first-order chi connectivity index (χ1) is 11.8. The van der Waals surface area contributed by atoms with Crippen molar-refractivity contribution in [2.45, 2.75) is 38.0 Å². The molecule has 1 amide bonds. The van der Waals surface area contributed by atoms with Crippen LogP contribution in [-0.2, 0) is 9.47 Å². The van der Waals surface area contributed by atoms with E-state index in [1.54, 1.807) is 11.9 Å². The number of allylic oxidation sites excluding steroid dienone is 3. The smallest absolute Gasteiger partial charge is 0.410 e. The van der Waals surface area contributed by atoms with E-state index in [4.69, 9.17) is 14.7 Å². The average molecular weight is 361 g/mol. The molecule has 0 bridgehead atoms. The second-order valence-corrected chi connectivity index (χ2v) is 7.82. The third-order valence-electron chi connectivity index (χ3n) is 3.32. The Kier molecular flexibility index (Phi) is 6.32. The highest BCUT2D eigenvalue weighted by molar-refractivity contribution is 8.15. The van der Waals surface area contributed by atoms with Crippen LogP contribution in [0, 0.1) is 11.3 Å². The van der Waals surface area contributed by atoms with Gasteiger partial charge >= 0.3 is 6.09 Å². The summed E-state index contributed by atoms with van der Waals surface area (Å²) >= 11 is 1.44. The molecule has 0 N–H and O–H groups in total. The molecule has 1 unspecified atom stereocenters. The van der Waals surface area contributed by atoms with Gasteiger partial charge in [-0.25, -0.2) is 9.79 Å². The lowest BCUT2D eigenvalue weighted by atomic mass is 10.2. The van der Waals surface area contributed by atoms with Gasteiger partial charge in [-0.1, -0.05) is 17.8 Å². The van der Waals surface area contributed by atoms with Crippen LogP contribution in [0.25, 0.3) is 0 Å². The van der Waals surface area contributed by atoms with Crippen molar-refractivity contribution in [3.8, 4) is 6.07 Å². The van der Waals surface area contributed by atoms with E-state index in [0.29, 0.717) is 24.6 Å². The van der Waals surface area contributed by atoms with E-state index in [-0.39, 0.29) is 11.3 Å². The molecule has 1 heterocycles. The van der Waals surface area contributed by atoms with Crippen LogP contribution in [0.4, 0.5) is 4.79 Å². The number of carbonyl (C=O) groups is 1. The maximum absolute atomic E-state index is 11.9. The van der Waals surface area contributed by atoms with Crippen LogP contribution in [0.15, 0.2) is 40.8 Å². The minimum atomic E-state index is -0.491. The highest BCUT2D eigenvalue weighted by Gasteiger charge is 2.23. The van der Waals surface area contributed by atoms with E-state index in [0.717, 1.165) is 11.5 Å². The van der Waals surface area contributed by atoms with E-state index < -0.39 is 5.60 Å². The minimum absolute atomic E-state index is 0.0744. The Morgan fingerprint density at radius 2 is 2.20 bits per heavy atom. The van der Waals surface area contributed by atoms with E-state index in [2.05, 4.69) is 11.1 Å². The second kappa shape index (κ2) is 8.26. The van der Waals surface area contributed by atoms with E-state index in [1.807, 2.05) is 45.1 Å². The average Bonchev–Trinajstić information content (AvgIpc) is 2.84. The number of rotatable bonds is 5. The molecule has 2 rings (SSSR count). The first kappa shape index (κ1) is 19.1. The Labute approximate surface area is 152 Å². The highest BCUT2D eigenvalue weighted by Crippen LogP contribution is 2.32. The number of aliphatic imine (C=N–C) groups is 1. The number of hydrogen-bond acceptors (Lipinski definition) is 6. The van der Waals surface area contributed by atoms with Gasteiger partial charge in [-0.15, -0.1) is 0 Å². The zero-order valence-electron chi connectivity index (χ0n) is 15.0. The number of nitrogens with zero attached hydrogens (tertiary/aromatic N) is 3. The molecule has 1 aliphatic heterocycles. The summed E-state index contributed by atoms with van der Waals surface area (Å²) in [4.78, 5) is 17.7. The van der Waals surface area contributed by atoms with Gasteiger partial charge in [0.1, 0.15) is 17.4 Å². The fraction of sp³-hybridized carbons (Fsp3) is 0.500. The molecule has 6 nitrogen and oxygen atoms in total. The van der Waals surface area contributed by atoms with Gasteiger partial charge in [0, 0.05) is 13.6 Å². The van der Waals surface area contributed by atoms with E-state index in [1.165, 1.54) is 11.8 Å². The minimum Gasteiger partial charge on any atom is -0.494 e. The van der Waals surface area contributed by atoms with Crippen molar-refractivity contribution in [2.24, 2.45) is 4.99 Å². The topological polar surface area (TPSA) is 74.9 Å². The molecule has 0 aromatic heterocycles. The molecule has 0 saturated carbocycles. The second-order valence-electron chi connectivity index (χ2n) is 6.69. The molecular formula is C18H23N3O3S. The van der Waals surface area contributed by atoms with Gasteiger partial charge in [-0.2, -0.15) is 5.26 Å². The molecule has 7 heteroatoms. The van der Waals surface area contributed by atoms with Crippen molar-refractivity contribution in [3.63, 3.8) is 0 Å². The first-order valence-electron chi connectivity index (χ1n) is 8.11. The summed E-state index contributed by atoms with van der Waals surface area (Å²) in [5.41, 5.74) is 0.371. The summed E-state index contributed by atoms with van der Waals surface area (Å²) in [6, 6.07) is 2.07. The van der Waals surface area contributed by atoms with Crippen LogP contribution in [-0.4, -0.2) is 47.1 Å². The summed E-state index contributed by atoms with van der Waals surface area (Å²) < 4.78 is 11.0. The summed E-state index contributed by atoms with van der Waals surface area (Å²) in [7, 11) is 1.71.